The lowest BCUT2D eigenvalue weighted by Gasteiger charge is -2.11. The van der Waals surface area contributed by atoms with E-state index in [1.54, 1.807) is 0 Å². The molecule has 0 fully saturated rings. The van der Waals surface area contributed by atoms with Crippen molar-refractivity contribution >= 4 is 0 Å². The molecule has 0 bridgehead atoms. The van der Waals surface area contributed by atoms with E-state index in [2.05, 4.69) is 5.32 Å². The van der Waals surface area contributed by atoms with Gasteiger partial charge in [0.2, 0.25) is 0 Å². The van der Waals surface area contributed by atoms with Gasteiger partial charge in [-0.05, 0) is 25.5 Å². The maximum Gasteiger partial charge on any atom is 0.106 e. The van der Waals surface area contributed by atoms with Gasteiger partial charge in [-0.2, -0.15) is 0 Å². The first-order valence-corrected chi connectivity index (χ1v) is 5.02. The molecule has 0 spiro atoms. The van der Waals surface area contributed by atoms with E-state index in [0.717, 1.165) is 22.5 Å². The Morgan fingerprint density at radius 1 is 1.13 bits per heavy atom. The van der Waals surface area contributed by atoms with Gasteiger partial charge in [0, 0.05) is 17.0 Å². The molecule has 1 heterocycles. The van der Waals surface area contributed by atoms with Crippen LogP contribution in [0, 0.1) is 0 Å². The molecule has 1 N–H and O–H groups in total. The zero-order valence-electron chi connectivity index (χ0n) is 8.94. The average molecular weight is 200 g/mol. The summed E-state index contributed by atoms with van der Waals surface area (Å²) in [4.78, 5) is 0. The highest BCUT2D eigenvalue weighted by Gasteiger charge is 2.19. The summed E-state index contributed by atoms with van der Waals surface area (Å²) < 4.78 is 0. The largest absolute Gasteiger partial charge is 0.384 e. The molecule has 1 aromatic rings. The molecular formula is C13H14NO. The van der Waals surface area contributed by atoms with Crippen molar-refractivity contribution in [2.75, 3.05) is 0 Å². The van der Waals surface area contributed by atoms with Gasteiger partial charge in [0.05, 0.1) is 0 Å². The molecule has 0 aromatic heterocycles. The van der Waals surface area contributed by atoms with Gasteiger partial charge < -0.3 is 5.11 Å². The van der Waals surface area contributed by atoms with Crippen LogP contribution in [0.15, 0.2) is 53.4 Å². The number of aliphatic hydroxyl groups is 1. The van der Waals surface area contributed by atoms with E-state index in [1.165, 1.54) is 0 Å². The highest BCUT2D eigenvalue weighted by Crippen LogP contribution is 2.29. The Bertz CT molecular complexity index is 417. The summed E-state index contributed by atoms with van der Waals surface area (Å²) in [6, 6.07) is 9.64. The normalized spacial score (nSPS) is 17.4. The predicted octanol–water partition coefficient (Wildman–Crippen LogP) is 2.52. The topological polar surface area (TPSA) is 34.3 Å². The first-order valence-electron chi connectivity index (χ1n) is 5.02. The van der Waals surface area contributed by atoms with Gasteiger partial charge in [-0.25, -0.2) is 0 Å². The van der Waals surface area contributed by atoms with Crippen LogP contribution >= 0.6 is 0 Å². The minimum absolute atomic E-state index is 0.563. The van der Waals surface area contributed by atoms with Crippen molar-refractivity contribution in [1.82, 2.24) is 5.32 Å². The third-order valence-corrected chi connectivity index (χ3v) is 2.54. The van der Waals surface area contributed by atoms with Crippen molar-refractivity contribution in [2.24, 2.45) is 0 Å². The van der Waals surface area contributed by atoms with Crippen molar-refractivity contribution in [3.05, 3.63) is 58.9 Å². The molecule has 1 aromatic carbocycles. The maximum absolute atomic E-state index is 10.1. The summed E-state index contributed by atoms with van der Waals surface area (Å²) in [5.41, 5.74) is 3.67. The Kier molecular flexibility index (Phi) is 2.60. The van der Waals surface area contributed by atoms with Crippen LogP contribution in [0.3, 0.4) is 0 Å². The fourth-order valence-corrected chi connectivity index (χ4v) is 1.78. The highest BCUT2D eigenvalue weighted by molar-refractivity contribution is 5.41. The van der Waals surface area contributed by atoms with E-state index in [4.69, 9.17) is 0 Å². The zero-order chi connectivity index (χ0) is 10.8. The van der Waals surface area contributed by atoms with Crippen molar-refractivity contribution < 1.29 is 5.11 Å². The first-order chi connectivity index (χ1) is 7.18. The molecule has 0 aliphatic carbocycles. The molecule has 1 radical (unpaired) electrons. The van der Waals surface area contributed by atoms with E-state index in [-0.39, 0.29) is 0 Å². The van der Waals surface area contributed by atoms with Gasteiger partial charge in [-0.1, -0.05) is 30.3 Å². The summed E-state index contributed by atoms with van der Waals surface area (Å²) in [6.07, 6.45) is 1.37. The molecule has 1 aliphatic rings. The van der Waals surface area contributed by atoms with Crippen LogP contribution in [0.1, 0.15) is 25.5 Å². The van der Waals surface area contributed by atoms with Crippen molar-refractivity contribution in [2.45, 2.75) is 20.0 Å². The number of rotatable bonds is 2. The van der Waals surface area contributed by atoms with Crippen LogP contribution in [0.5, 0.6) is 0 Å². The molecule has 15 heavy (non-hydrogen) atoms. The fourth-order valence-electron chi connectivity index (χ4n) is 1.78. The lowest BCUT2D eigenvalue weighted by molar-refractivity contribution is 0.218. The summed E-state index contributed by atoms with van der Waals surface area (Å²) in [5, 5.41) is 14.4. The van der Waals surface area contributed by atoms with Crippen LogP contribution in [-0.4, -0.2) is 5.11 Å². The Hall–Kier alpha value is -1.54. The van der Waals surface area contributed by atoms with Crippen LogP contribution in [0.2, 0.25) is 0 Å². The van der Waals surface area contributed by atoms with E-state index >= 15 is 0 Å². The van der Waals surface area contributed by atoms with Crippen LogP contribution < -0.4 is 5.32 Å². The Morgan fingerprint density at radius 2 is 1.80 bits per heavy atom. The molecule has 1 unspecified atom stereocenters. The Balaban J connectivity index is 2.30. The third kappa shape index (κ3) is 1.95. The molecule has 1 aliphatic heterocycles. The number of allylic oxidation sites excluding steroid dienone is 2. The minimum Gasteiger partial charge on any atom is -0.384 e. The monoisotopic (exact) mass is 200 g/mol. The van der Waals surface area contributed by atoms with Gasteiger partial charge in [0.15, 0.2) is 0 Å². The van der Waals surface area contributed by atoms with E-state index in [0.29, 0.717) is 0 Å². The highest BCUT2D eigenvalue weighted by atomic mass is 16.3. The lowest BCUT2D eigenvalue weighted by Crippen LogP contribution is -2.01. The number of nitrogens with zero attached hydrogens (tertiary/aromatic N) is 1. The second-order valence-electron chi connectivity index (χ2n) is 3.75. The number of hydrogen-bond acceptors (Lipinski definition) is 1. The predicted molar refractivity (Wildman–Crippen MR) is 60.0 cm³/mol. The van der Waals surface area contributed by atoms with Crippen molar-refractivity contribution in [3.63, 3.8) is 0 Å². The number of hydrogen-bond donors (Lipinski definition) is 1. The average Bonchev–Trinajstić information content (AvgIpc) is 2.58. The van der Waals surface area contributed by atoms with Gasteiger partial charge in [0.1, 0.15) is 6.10 Å². The van der Waals surface area contributed by atoms with E-state index in [9.17, 15) is 5.11 Å². The van der Waals surface area contributed by atoms with Crippen LogP contribution in [0.4, 0.5) is 0 Å². The molecule has 0 saturated heterocycles. The molecule has 77 valence electrons. The first kappa shape index (κ1) is 9.99. The van der Waals surface area contributed by atoms with Crippen LogP contribution in [-0.2, 0) is 0 Å². The Labute approximate surface area is 89.9 Å². The smallest absolute Gasteiger partial charge is 0.106 e. The quantitative estimate of drug-likeness (QED) is 0.782. The third-order valence-electron chi connectivity index (χ3n) is 2.54. The second-order valence-corrected chi connectivity index (χ2v) is 3.75. The van der Waals surface area contributed by atoms with Gasteiger partial charge in [-0.3, -0.25) is 5.32 Å². The number of aliphatic hydroxyl groups excluding tert-OH is 1. The van der Waals surface area contributed by atoms with Crippen molar-refractivity contribution in [3.8, 4) is 0 Å². The SMILES string of the molecule is CC1=CC(C(O)c2ccccc2)=C(C)[N]1. The standard InChI is InChI=1S/C13H14NO/c1-9-8-12(10(2)14-9)13(15)11-6-4-3-5-7-11/h3-8,13,15H,1-2H3. The van der Waals surface area contributed by atoms with E-state index in [1.807, 2.05) is 50.3 Å². The number of benzene rings is 1. The second kappa shape index (κ2) is 3.91. The van der Waals surface area contributed by atoms with Gasteiger partial charge >= 0.3 is 0 Å². The molecular weight excluding hydrogens is 186 g/mol. The fraction of sp³-hybridized carbons (Fsp3) is 0.231. The Morgan fingerprint density at radius 3 is 2.33 bits per heavy atom. The molecule has 0 saturated carbocycles. The summed E-state index contributed by atoms with van der Waals surface area (Å²) >= 11 is 0. The summed E-state index contributed by atoms with van der Waals surface area (Å²) in [7, 11) is 0. The van der Waals surface area contributed by atoms with Gasteiger partial charge in [0.25, 0.3) is 0 Å². The van der Waals surface area contributed by atoms with Crippen LogP contribution in [0.25, 0.3) is 0 Å². The molecule has 2 nitrogen and oxygen atoms in total. The molecule has 2 rings (SSSR count). The molecule has 1 atom stereocenters. The molecule has 0 amide bonds. The summed E-state index contributed by atoms with van der Waals surface area (Å²) in [5.74, 6) is 0. The van der Waals surface area contributed by atoms with Gasteiger partial charge in [-0.15, -0.1) is 0 Å². The lowest BCUT2D eigenvalue weighted by atomic mass is 10.0. The summed E-state index contributed by atoms with van der Waals surface area (Å²) in [6.45, 7) is 3.86. The minimum atomic E-state index is -0.563. The zero-order valence-corrected chi connectivity index (χ0v) is 8.94. The maximum atomic E-state index is 10.1. The molecule has 2 heteroatoms. The van der Waals surface area contributed by atoms with Crippen molar-refractivity contribution in [1.29, 1.82) is 0 Å². The van der Waals surface area contributed by atoms with E-state index < -0.39 is 6.10 Å².